The summed E-state index contributed by atoms with van der Waals surface area (Å²) in [5.74, 6) is -1.93. The van der Waals surface area contributed by atoms with Crippen molar-refractivity contribution in [3.05, 3.63) is 53.6 Å². The van der Waals surface area contributed by atoms with Crippen LogP contribution in [-0.2, 0) is 19.2 Å². The summed E-state index contributed by atoms with van der Waals surface area (Å²) in [5, 5.41) is 0. The molecule has 27 heavy (non-hydrogen) atoms. The first-order chi connectivity index (χ1) is 12.7. The van der Waals surface area contributed by atoms with Crippen molar-refractivity contribution in [3.8, 4) is 11.1 Å². The van der Waals surface area contributed by atoms with Crippen LogP contribution in [0.3, 0.4) is 0 Å². The van der Waals surface area contributed by atoms with Gasteiger partial charge in [-0.25, -0.2) is 4.90 Å². The van der Waals surface area contributed by atoms with E-state index in [2.05, 4.69) is 0 Å². The molecule has 2 rings (SSSR count). The minimum Gasteiger partial charge on any atom is -0.299 e. The fourth-order valence-electron chi connectivity index (χ4n) is 2.90. The number of nitrogens with zero attached hydrogens (tertiary/aromatic N) is 1. The van der Waals surface area contributed by atoms with E-state index in [0.29, 0.717) is 11.3 Å². The minimum absolute atomic E-state index is 0.338. The van der Waals surface area contributed by atoms with Crippen molar-refractivity contribution < 1.29 is 19.2 Å². The molecule has 0 aliphatic carbocycles. The van der Waals surface area contributed by atoms with Crippen molar-refractivity contribution in [2.45, 2.75) is 40.5 Å². The van der Waals surface area contributed by atoms with Crippen LogP contribution in [0.4, 0.5) is 5.69 Å². The molecule has 0 saturated heterocycles. The van der Waals surface area contributed by atoms with Crippen LogP contribution in [0.2, 0.25) is 0 Å². The van der Waals surface area contributed by atoms with E-state index in [1.807, 2.05) is 43.3 Å². The smallest absolute Gasteiger partial charge is 0.241 e. The summed E-state index contributed by atoms with van der Waals surface area (Å²) in [6.07, 6.45) is -0.772. The predicted octanol–water partition coefficient (Wildman–Crippen LogP) is 3.79. The van der Waals surface area contributed by atoms with Gasteiger partial charge in [0.1, 0.15) is 11.6 Å². The van der Waals surface area contributed by atoms with Gasteiger partial charge in [-0.1, -0.05) is 35.9 Å². The van der Waals surface area contributed by atoms with E-state index >= 15 is 0 Å². The van der Waals surface area contributed by atoms with Gasteiger partial charge >= 0.3 is 0 Å². The molecule has 0 saturated carbocycles. The molecule has 2 aromatic carbocycles. The van der Waals surface area contributed by atoms with Crippen molar-refractivity contribution in [2.75, 3.05) is 4.90 Å². The van der Waals surface area contributed by atoms with Gasteiger partial charge in [-0.2, -0.15) is 0 Å². The Kier molecular flexibility index (Phi) is 6.40. The molecule has 0 radical (unpaired) electrons. The van der Waals surface area contributed by atoms with E-state index < -0.39 is 11.8 Å². The highest BCUT2D eigenvalue weighted by molar-refractivity contribution is 6.22. The molecule has 0 unspecified atom stereocenters. The Hall–Kier alpha value is -3.08. The number of hydrogen-bond donors (Lipinski definition) is 0. The molecular formula is C22H23NO4. The fraction of sp³-hybridized carbons (Fsp3) is 0.273. The van der Waals surface area contributed by atoms with Crippen molar-refractivity contribution in [2.24, 2.45) is 0 Å². The van der Waals surface area contributed by atoms with Crippen LogP contribution in [0, 0.1) is 13.8 Å². The number of hydrogen-bond acceptors (Lipinski definition) is 4. The zero-order valence-electron chi connectivity index (χ0n) is 16.0. The van der Waals surface area contributed by atoms with Crippen LogP contribution < -0.4 is 4.90 Å². The lowest BCUT2D eigenvalue weighted by Crippen LogP contribution is -2.39. The number of benzene rings is 2. The second kappa shape index (κ2) is 8.54. The maximum atomic E-state index is 12.5. The van der Waals surface area contributed by atoms with Crippen molar-refractivity contribution >= 4 is 29.1 Å². The zero-order chi connectivity index (χ0) is 20.1. The van der Waals surface area contributed by atoms with Gasteiger partial charge in [0, 0.05) is 0 Å². The number of carbonyl (C=O) groups is 4. The van der Waals surface area contributed by atoms with E-state index in [4.69, 9.17) is 0 Å². The van der Waals surface area contributed by atoms with Gasteiger partial charge in [-0.05, 0) is 56.5 Å². The SMILES string of the molecule is CC(=O)CC(=O)N(C(=O)CC(C)=O)c1ccc(-c2cccc(C)c2)cc1C. The number of amides is 2. The van der Waals surface area contributed by atoms with E-state index in [1.165, 1.54) is 13.8 Å². The first-order valence-corrected chi connectivity index (χ1v) is 8.71. The Bertz CT molecular complexity index is 886. The number of Topliss-reactive ketones (excluding diaryl/α,β-unsaturated/α-hetero) is 2. The van der Waals surface area contributed by atoms with Crippen molar-refractivity contribution in [1.82, 2.24) is 0 Å². The average Bonchev–Trinajstić information content (AvgIpc) is 2.55. The first kappa shape index (κ1) is 20.2. The van der Waals surface area contributed by atoms with Crippen molar-refractivity contribution in [3.63, 3.8) is 0 Å². The van der Waals surface area contributed by atoms with Crippen LogP contribution in [-0.4, -0.2) is 23.4 Å². The summed E-state index contributed by atoms with van der Waals surface area (Å²) in [4.78, 5) is 48.7. The maximum absolute atomic E-state index is 12.5. The van der Waals surface area contributed by atoms with Gasteiger partial charge in [-0.15, -0.1) is 0 Å². The Morgan fingerprint density at radius 3 is 1.81 bits per heavy atom. The summed E-state index contributed by atoms with van der Waals surface area (Å²) in [6, 6.07) is 13.4. The normalized spacial score (nSPS) is 10.4. The highest BCUT2D eigenvalue weighted by Crippen LogP contribution is 2.28. The molecule has 0 aliphatic rings. The molecule has 2 amide bonds. The molecule has 2 aromatic rings. The molecule has 0 aliphatic heterocycles. The largest absolute Gasteiger partial charge is 0.299 e. The third-order valence-electron chi connectivity index (χ3n) is 4.09. The first-order valence-electron chi connectivity index (χ1n) is 8.71. The molecule has 5 heteroatoms. The Balaban J connectivity index is 2.45. The lowest BCUT2D eigenvalue weighted by atomic mass is 10.00. The molecular weight excluding hydrogens is 342 g/mol. The molecule has 0 heterocycles. The summed E-state index contributed by atoms with van der Waals surface area (Å²) in [7, 11) is 0. The standard InChI is InChI=1S/C22H23NO4/c1-14-6-5-7-18(10-14)19-8-9-20(15(2)11-19)23(21(26)12-16(3)24)22(27)13-17(4)25/h5-11H,12-13H2,1-4H3. The van der Waals surface area contributed by atoms with Gasteiger partial charge in [-0.3, -0.25) is 19.2 Å². The molecule has 0 N–H and O–H groups in total. The lowest BCUT2D eigenvalue weighted by Gasteiger charge is -2.22. The maximum Gasteiger partial charge on any atom is 0.241 e. The van der Waals surface area contributed by atoms with E-state index in [-0.39, 0.29) is 24.4 Å². The van der Waals surface area contributed by atoms with E-state index in [0.717, 1.165) is 21.6 Å². The lowest BCUT2D eigenvalue weighted by molar-refractivity contribution is -0.130. The number of anilines is 1. The number of rotatable bonds is 6. The molecule has 0 atom stereocenters. The van der Waals surface area contributed by atoms with Gasteiger partial charge < -0.3 is 0 Å². The number of aryl methyl sites for hydroxylation is 2. The monoisotopic (exact) mass is 365 g/mol. The Morgan fingerprint density at radius 2 is 1.33 bits per heavy atom. The number of ketones is 2. The number of imide groups is 1. The predicted molar refractivity (Wildman–Crippen MR) is 104 cm³/mol. The van der Waals surface area contributed by atoms with Crippen LogP contribution in [0.5, 0.6) is 0 Å². The highest BCUT2D eigenvalue weighted by atomic mass is 16.2. The van der Waals surface area contributed by atoms with Gasteiger partial charge in [0.25, 0.3) is 0 Å². The van der Waals surface area contributed by atoms with Gasteiger partial charge in [0.2, 0.25) is 11.8 Å². The summed E-state index contributed by atoms with van der Waals surface area (Å²) in [5.41, 5.74) is 4.22. The Labute approximate surface area is 159 Å². The fourth-order valence-corrected chi connectivity index (χ4v) is 2.90. The quantitative estimate of drug-likeness (QED) is 0.730. The van der Waals surface area contributed by atoms with Crippen molar-refractivity contribution in [1.29, 1.82) is 0 Å². The molecule has 0 aromatic heterocycles. The molecule has 0 spiro atoms. The van der Waals surface area contributed by atoms with Crippen LogP contribution >= 0.6 is 0 Å². The Morgan fingerprint density at radius 1 is 0.778 bits per heavy atom. The molecule has 5 nitrogen and oxygen atoms in total. The van der Waals surface area contributed by atoms with Crippen LogP contribution in [0.1, 0.15) is 37.8 Å². The second-order valence-corrected chi connectivity index (χ2v) is 6.75. The average molecular weight is 365 g/mol. The van der Waals surface area contributed by atoms with E-state index in [9.17, 15) is 19.2 Å². The third kappa shape index (κ3) is 5.20. The molecule has 140 valence electrons. The molecule has 0 bridgehead atoms. The summed E-state index contributed by atoms with van der Waals surface area (Å²) < 4.78 is 0. The zero-order valence-corrected chi connectivity index (χ0v) is 16.0. The summed E-state index contributed by atoms with van der Waals surface area (Å²) in [6.45, 7) is 6.38. The summed E-state index contributed by atoms with van der Waals surface area (Å²) >= 11 is 0. The van der Waals surface area contributed by atoms with Gasteiger partial charge in [0.05, 0.1) is 18.5 Å². The van der Waals surface area contributed by atoms with Gasteiger partial charge in [0.15, 0.2) is 0 Å². The topological polar surface area (TPSA) is 71.5 Å². The van der Waals surface area contributed by atoms with Crippen LogP contribution in [0.25, 0.3) is 11.1 Å². The van der Waals surface area contributed by atoms with Crippen LogP contribution in [0.15, 0.2) is 42.5 Å². The number of carbonyl (C=O) groups excluding carboxylic acids is 4. The second-order valence-electron chi connectivity index (χ2n) is 6.75. The minimum atomic E-state index is -0.625. The molecule has 0 fully saturated rings. The highest BCUT2D eigenvalue weighted by Gasteiger charge is 2.26. The third-order valence-corrected chi connectivity index (χ3v) is 4.09. The van der Waals surface area contributed by atoms with E-state index in [1.54, 1.807) is 13.0 Å².